The summed E-state index contributed by atoms with van der Waals surface area (Å²) in [5.74, 6) is -2.30. The van der Waals surface area contributed by atoms with Gasteiger partial charge in [0.25, 0.3) is 0 Å². The largest absolute Gasteiger partial charge is 0.453 e. The zero-order chi connectivity index (χ0) is 17.8. The highest BCUT2D eigenvalue weighted by Crippen LogP contribution is 2.33. The molecule has 4 rings (SSSR count). The number of halogens is 4. The number of hydrogen-bond donors (Lipinski definition) is 1. The van der Waals surface area contributed by atoms with Crippen LogP contribution in [0.4, 0.5) is 17.6 Å². The van der Waals surface area contributed by atoms with Crippen molar-refractivity contribution in [1.29, 1.82) is 0 Å². The minimum atomic E-state index is -4.79. The molecule has 0 spiro atoms. The lowest BCUT2D eigenvalue weighted by Gasteiger charge is -2.03. The molecular formula is C16H7F4N3O2. The summed E-state index contributed by atoms with van der Waals surface area (Å²) in [6.07, 6.45) is -1.85. The molecule has 0 aliphatic carbocycles. The number of nitrogens with zero attached hydrogens (tertiary/aromatic N) is 2. The number of pyridine rings is 1. The Morgan fingerprint density at radius 1 is 1.20 bits per heavy atom. The summed E-state index contributed by atoms with van der Waals surface area (Å²) < 4.78 is 58.3. The third kappa shape index (κ3) is 2.44. The maximum atomic E-state index is 14.1. The predicted octanol–water partition coefficient (Wildman–Crippen LogP) is 3.89. The van der Waals surface area contributed by atoms with Gasteiger partial charge in [0.1, 0.15) is 22.6 Å². The Morgan fingerprint density at radius 3 is 2.68 bits per heavy atom. The maximum Gasteiger partial charge on any atom is 0.449 e. The summed E-state index contributed by atoms with van der Waals surface area (Å²) in [4.78, 5) is 21.4. The van der Waals surface area contributed by atoms with Crippen LogP contribution in [-0.4, -0.2) is 15.0 Å². The van der Waals surface area contributed by atoms with Crippen LogP contribution in [0, 0.1) is 5.82 Å². The second-order valence-electron chi connectivity index (χ2n) is 5.26. The van der Waals surface area contributed by atoms with E-state index in [9.17, 15) is 22.4 Å². The van der Waals surface area contributed by atoms with Crippen LogP contribution in [0.3, 0.4) is 0 Å². The third-order valence-corrected chi connectivity index (χ3v) is 3.63. The lowest BCUT2D eigenvalue weighted by molar-refractivity contribution is -0.144. The van der Waals surface area contributed by atoms with E-state index in [0.29, 0.717) is 5.56 Å². The van der Waals surface area contributed by atoms with E-state index in [-0.39, 0.29) is 16.7 Å². The van der Waals surface area contributed by atoms with E-state index in [1.54, 1.807) is 12.1 Å². The molecule has 0 bridgehead atoms. The maximum absolute atomic E-state index is 14.1. The monoisotopic (exact) mass is 349 g/mol. The van der Waals surface area contributed by atoms with Gasteiger partial charge in [0.15, 0.2) is 11.0 Å². The molecule has 5 nitrogen and oxygen atoms in total. The van der Waals surface area contributed by atoms with Crippen molar-refractivity contribution in [2.45, 2.75) is 6.18 Å². The molecule has 0 aliphatic heterocycles. The van der Waals surface area contributed by atoms with Crippen LogP contribution in [0.15, 0.2) is 45.9 Å². The quantitative estimate of drug-likeness (QED) is 0.529. The molecule has 0 fully saturated rings. The molecule has 1 aromatic carbocycles. The van der Waals surface area contributed by atoms with Crippen molar-refractivity contribution in [2.24, 2.45) is 0 Å². The first-order valence-corrected chi connectivity index (χ1v) is 6.98. The van der Waals surface area contributed by atoms with E-state index in [0.717, 1.165) is 12.1 Å². The van der Waals surface area contributed by atoms with Gasteiger partial charge >= 0.3 is 6.18 Å². The zero-order valence-corrected chi connectivity index (χ0v) is 12.2. The molecule has 0 amide bonds. The molecule has 0 atom stereocenters. The Morgan fingerprint density at radius 2 is 2.00 bits per heavy atom. The van der Waals surface area contributed by atoms with E-state index in [2.05, 4.69) is 9.97 Å². The molecule has 0 aliphatic rings. The van der Waals surface area contributed by atoms with E-state index in [1.807, 2.05) is 4.98 Å². The highest BCUT2D eigenvalue weighted by Gasteiger charge is 2.35. The Kier molecular flexibility index (Phi) is 3.14. The molecule has 0 radical (unpaired) electrons. The molecule has 25 heavy (non-hydrogen) atoms. The standard InChI is InChI=1S/C16H7F4N3O2/c17-9-4-8-10(24)5-11(7-2-1-3-21-6-7)25-14(8)13-12(9)22-15(23-13)16(18,19)20/h1-6H,(H,22,23). The van der Waals surface area contributed by atoms with E-state index < -0.39 is 34.3 Å². The predicted molar refractivity (Wildman–Crippen MR) is 80.3 cm³/mol. The van der Waals surface area contributed by atoms with Crippen molar-refractivity contribution in [3.63, 3.8) is 0 Å². The smallest absolute Gasteiger partial charge is 0.449 e. The van der Waals surface area contributed by atoms with Crippen LogP contribution in [0.5, 0.6) is 0 Å². The second-order valence-corrected chi connectivity index (χ2v) is 5.26. The van der Waals surface area contributed by atoms with Crippen molar-refractivity contribution in [1.82, 2.24) is 15.0 Å². The van der Waals surface area contributed by atoms with Gasteiger partial charge in [0, 0.05) is 24.0 Å². The van der Waals surface area contributed by atoms with Gasteiger partial charge < -0.3 is 9.40 Å². The van der Waals surface area contributed by atoms with Gasteiger partial charge in [0.2, 0.25) is 5.82 Å². The van der Waals surface area contributed by atoms with E-state index in [1.165, 1.54) is 12.4 Å². The Labute approximate surface area is 135 Å². The Bertz CT molecular complexity index is 1160. The lowest BCUT2D eigenvalue weighted by atomic mass is 10.1. The number of nitrogens with one attached hydrogen (secondary N) is 1. The van der Waals surface area contributed by atoms with Crippen molar-refractivity contribution < 1.29 is 22.0 Å². The first-order chi connectivity index (χ1) is 11.8. The van der Waals surface area contributed by atoms with Gasteiger partial charge in [-0.3, -0.25) is 9.78 Å². The first kappa shape index (κ1) is 15.3. The molecule has 0 saturated carbocycles. The topological polar surface area (TPSA) is 71.8 Å². The fraction of sp³-hybridized carbons (Fsp3) is 0.0625. The van der Waals surface area contributed by atoms with Gasteiger partial charge in [0.05, 0.1) is 5.39 Å². The molecule has 0 unspecified atom stereocenters. The number of benzene rings is 1. The molecule has 126 valence electrons. The molecule has 4 aromatic rings. The van der Waals surface area contributed by atoms with Crippen molar-refractivity contribution in [3.8, 4) is 11.3 Å². The number of aromatic nitrogens is 3. The SMILES string of the molecule is O=c1cc(-c2cccnc2)oc2c1cc(F)c1[nH]c(C(F)(F)F)nc12. The number of alkyl halides is 3. The van der Waals surface area contributed by atoms with E-state index >= 15 is 0 Å². The number of hydrogen-bond acceptors (Lipinski definition) is 4. The number of rotatable bonds is 1. The molecule has 3 aromatic heterocycles. The summed E-state index contributed by atoms with van der Waals surface area (Å²) in [7, 11) is 0. The normalized spacial score (nSPS) is 12.2. The lowest BCUT2D eigenvalue weighted by Crippen LogP contribution is -2.06. The fourth-order valence-corrected chi connectivity index (χ4v) is 2.51. The minimum absolute atomic E-state index is 0.0927. The first-order valence-electron chi connectivity index (χ1n) is 6.98. The summed E-state index contributed by atoms with van der Waals surface area (Å²) >= 11 is 0. The van der Waals surface area contributed by atoms with Crippen LogP contribution in [-0.2, 0) is 6.18 Å². The van der Waals surface area contributed by atoms with Crippen molar-refractivity contribution in [3.05, 3.63) is 58.5 Å². The molecule has 1 N–H and O–H groups in total. The van der Waals surface area contributed by atoms with Gasteiger partial charge in [-0.1, -0.05) is 0 Å². The summed E-state index contributed by atoms with van der Waals surface area (Å²) in [6.45, 7) is 0. The highest BCUT2D eigenvalue weighted by atomic mass is 19.4. The summed E-state index contributed by atoms with van der Waals surface area (Å²) in [5.41, 5.74) is -1.26. The molecule has 9 heteroatoms. The Balaban J connectivity index is 2.10. The molecule has 0 saturated heterocycles. The van der Waals surface area contributed by atoms with Crippen LogP contribution in [0.2, 0.25) is 0 Å². The van der Waals surface area contributed by atoms with Crippen molar-refractivity contribution in [2.75, 3.05) is 0 Å². The van der Waals surface area contributed by atoms with Crippen molar-refractivity contribution >= 4 is 22.0 Å². The minimum Gasteiger partial charge on any atom is -0.453 e. The molecule has 3 heterocycles. The fourth-order valence-electron chi connectivity index (χ4n) is 2.51. The highest BCUT2D eigenvalue weighted by molar-refractivity contribution is 6.01. The van der Waals surface area contributed by atoms with Gasteiger partial charge in [-0.25, -0.2) is 9.37 Å². The average molecular weight is 349 g/mol. The van der Waals surface area contributed by atoms with Crippen LogP contribution in [0.1, 0.15) is 5.82 Å². The Hall–Kier alpha value is -3.23. The third-order valence-electron chi connectivity index (χ3n) is 3.63. The van der Waals surface area contributed by atoms with Gasteiger partial charge in [-0.15, -0.1) is 0 Å². The van der Waals surface area contributed by atoms with Crippen LogP contribution >= 0.6 is 0 Å². The number of imidazole rings is 1. The average Bonchev–Trinajstić information content (AvgIpc) is 3.03. The van der Waals surface area contributed by atoms with Crippen LogP contribution in [0.25, 0.3) is 33.3 Å². The van der Waals surface area contributed by atoms with E-state index in [4.69, 9.17) is 4.42 Å². The molecular weight excluding hydrogens is 342 g/mol. The van der Waals surface area contributed by atoms with Crippen LogP contribution < -0.4 is 5.43 Å². The summed E-state index contributed by atoms with van der Waals surface area (Å²) in [6, 6.07) is 5.18. The number of fused-ring (bicyclic) bond motifs is 3. The second kappa shape index (κ2) is 5.13. The zero-order valence-electron chi connectivity index (χ0n) is 12.2. The summed E-state index contributed by atoms with van der Waals surface area (Å²) in [5, 5.41) is -0.196. The van der Waals surface area contributed by atoms with Gasteiger partial charge in [-0.05, 0) is 18.2 Å². The van der Waals surface area contributed by atoms with Gasteiger partial charge in [-0.2, -0.15) is 13.2 Å². The number of H-pyrrole nitrogens is 1. The number of aromatic amines is 1.